The van der Waals surface area contributed by atoms with E-state index in [0.717, 1.165) is 0 Å². The third kappa shape index (κ3) is 45.0. The van der Waals surface area contributed by atoms with Gasteiger partial charge in [-0.05, 0) is 0 Å². The van der Waals surface area contributed by atoms with Crippen molar-refractivity contribution in [1.29, 1.82) is 0 Å². The molecule has 0 aliphatic heterocycles. The molecule has 4 radical (unpaired) electrons. The second kappa shape index (κ2) is 50.1. The van der Waals surface area contributed by atoms with Crippen LogP contribution in [0.2, 0.25) is 0 Å². The SMILES string of the molecule is [Ce].[Dy].[Eu].[Gd].[La].[Nd].[Pr].[Sm].[Tb]. The first-order valence-corrected chi connectivity index (χ1v) is 0. The van der Waals surface area contributed by atoms with Crippen LogP contribution >= 0.6 is 0 Å². The molecule has 0 nitrogen and oxygen atoms in total. The van der Waals surface area contributed by atoms with E-state index in [1.165, 1.54) is 0 Å². The zero-order valence-corrected chi connectivity index (χ0v) is 29.1. The molecule has 0 N–H and O–H groups in total. The summed E-state index contributed by atoms with van der Waals surface area (Å²) in [5.41, 5.74) is 0. The maximum atomic E-state index is 0. The second-order valence-electron chi connectivity index (χ2n) is 0. The van der Waals surface area contributed by atoms with Gasteiger partial charge in [-0.15, -0.1) is 0 Å². The molecule has 54 valence electrons. The maximum Gasteiger partial charge on any atom is 0 e. The summed E-state index contributed by atoms with van der Waals surface area (Å²) in [4.78, 5) is 0. The van der Waals surface area contributed by atoms with Crippen LogP contribution < -0.4 is 0 Å². The van der Waals surface area contributed by atoms with Crippen LogP contribution in [0.3, 0.4) is 0 Å². The molecule has 0 amide bonds. The minimum Gasteiger partial charge on any atom is 0 e. The van der Waals surface area contributed by atoms with E-state index in [1.54, 1.807) is 0 Å². The molecule has 0 saturated heterocycles. The Kier molecular flexibility index (Phi) is 324. The van der Waals surface area contributed by atoms with Crippen molar-refractivity contribution >= 4 is 0 Å². The van der Waals surface area contributed by atoms with Gasteiger partial charge in [-0.1, -0.05) is 0 Å². The van der Waals surface area contributed by atoms with Crippen LogP contribution in [0, 0.1) is 366 Å². The predicted octanol–water partition coefficient (Wildman–Crippen LogP) is 0. The van der Waals surface area contributed by atoms with Crippen molar-refractivity contribution in [3.63, 3.8) is 0 Å². The Balaban J connectivity index is 0. The topological polar surface area (TPSA) is 0 Å². The average molecular weight is 1350 g/mol. The zero-order valence-electron chi connectivity index (χ0n) is 3.94. The second-order valence-corrected chi connectivity index (χ2v) is 0. The molecule has 0 aliphatic carbocycles. The summed E-state index contributed by atoms with van der Waals surface area (Å²) in [5.74, 6) is 0. The van der Waals surface area contributed by atoms with Crippen LogP contribution in [-0.2, 0) is 0 Å². The zero-order chi connectivity index (χ0) is 0. The average Bonchev–Trinajstić information content (AvgIpc) is 0. The van der Waals surface area contributed by atoms with E-state index < -0.39 is 0 Å². The molecule has 0 heterocycles. The Hall–Kier alpha value is 12.1. The summed E-state index contributed by atoms with van der Waals surface area (Å²) in [5, 5.41) is 0. The molecule has 0 aromatic carbocycles. The van der Waals surface area contributed by atoms with Crippen molar-refractivity contribution in [2.45, 2.75) is 0 Å². The first-order valence-electron chi connectivity index (χ1n) is 0. The van der Waals surface area contributed by atoms with Gasteiger partial charge in [0.1, 0.15) is 0 Å². The van der Waals surface area contributed by atoms with Crippen LogP contribution in [0.5, 0.6) is 0 Å². The number of hydrogen-bond acceptors (Lipinski definition) is 0. The normalized spacial score (nSPS) is 0. The van der Waals surface area contributed by atoms with Gasteiger partial charge in [0.25, 0.3) is 0 Å². The van der Waals surface area contributed by atoms with Gasteiger partial charge in [-0.3, -0.25) is 0 Å². The Morgan fingerprint density at radius 1 is 1.00 bits per heavy atom. The van der Waals surface area contributed by atoms with Crippen molar-refractivity contribution < 1.29 is 366 Å². The Morgan fingerprint density at radius 3 is 1.00 bits per heavy atom. The van der Waals surface area contributed by atoms with Crippen LogP contribution in [0.4, 0.5) is 0 Å². The van der Waals surface area contributed by atoms with Gasteiger partial charge in [-0.25, -0.2) is 0 Å². The molecule has 0 bridgehead atoms. The summed E-state index contributed by atoms with van der Waals surface area (Å²) in [6.07, 6.45) is 0. The van der Waals surface area contributed by atoms with Crippen molar-refractivity contribution in [2.24, 2.45) is 0 Å². The van der Waals surface area contributed by atoms with Gasteiger partial charge < -0.3 is 0 Å². The molecule has 0 spiro atoms. The minimum absolute atomic E-state index is 0. The van der Waals surface area contributed by atoms with E-state index in [4.69, 9.17) is 0 Å². The van der Waals surface area contributed by atoms with Gasteiger partial charge in [-0.2, -0.15) is 0 Å². The molecule has 0 unspecified atom stereocenters. The largest absolute Gasteiger partial charge is 0 e. The van der Waals surface area contributed by atoms with E-state index in [1.807, 2.05) is 0 Å². The molecular weight excluding hydrogens is 1350 g/mol. The quantitative estimate of drug-likeness (QED) is 0.321. The smallest absolute Gasteiger partial charge is 0 e. The molecule has 0 rings (SSSR count). The number of hydrogen-bond donors (Lipinski definition) is 0. The summed E-state index contributed by atoms with van der Waals surface area (Å²) in [6.45, 7) is 0. The summed E-state index contributed by atoms with van der Waals surface area (Å²) < 4.78 is 0. The molecule has 0 aromatic rings. The fraction of sp³-hybridized carbons (Fsp3) is 0. The molecular formula is CeDyEuGdLaNdPrSmTb. The van der Waals surface area contributed by atoms with Crippen LogP contribution in [0.1, 0.15) is 0 Å². The molecule has 0 saturated carbocycles. The van der Waals surface area contributed by atoms with Gasteiger partial charge in [0, 0.05) is 366 Å². The van der Waals surface area contributed by atoms with Crippen LogP contribution in [0.15, 0.2) is 0 Å². The third-order valence-corrected chi connectivity index (χ3v) is 0. The molecule has 9 heteroatoms. The number of rotatable bonds is 0. The van der Waals surface area contributed by atoms with Crippen molar-refractivity contribution in [3.8, 4) is 0 Å². The minimum atomic E-state index is 0. The fourth-order valence-corrected chi connectivity index (χ4v) is 0. The van der Waals surface area contributed by atoms with Gasteiger partial charge in [0.05, 0.1) is 0 Å². The first-order chi connectivity index (χ1) is 0. The van der Waals surface area contributed by atoms with Crippen molar-refractivity contribution in [1.82, 2.24) is 0 Å². The molecule has 0 atom stereocenters. The monoisotopic (exact) mass is 1350 g/mol. The van der Waals surface area contributed by atoms with E-state index >= 15 is 0 Å². The predicted molar refractivity (Wildman–Crippen MR) is 0 cm³/mol. The Morgan fingerprint density at radius 2 is 1.00 bits per heavy atom. The third-order valence-electron chi connectivity index (χ3n) is 0. The van der Waals surface area contributed by atoms with E-state index in [-0.39, 0.29) is 366 Å². The molecule has 0 aliphatic rings. The summed E-state index contributed by atoms with van der Waals surface area (Å²) >= 11 is 0. The van der Waals surface area contributed by atoms with E-state index in [0.29, 0.717) is 0 Å². The molecule has 9 heavy (non-hydrogen) atoms. The molecule has 0 aromatic heterocycles. The van der Waals surface area contributed by atoms with Gasteiger partial charge >= 0.3 is 0 Å². The maximum absolute atomic E-state index is 0. The van der Waals surface area contributed by atoms with E-state index in [9.17, 15) is 0 Å². The van der Waals surface area contributed by atoms with Crippen molar-refractivity contribution in [3.05, 3.63) is 0 Å². The summed E-state index contributed by atoms with van der Waals surface area (Å²) in [7, 11) is 0. The molecule has 0 fully saturated rings. The van der Waals surface area contributed by atoms with Crippen LogP contribution in [-0.4, -0.2) is 0 Å². The Labute approximate surface area is 351 Å². The van der Waals surface area contributed by atoms with Crippen molar-refractivity contribution in [2.75, 3.05) is 0 Å². The van der Waals surface area contributed by atoms with E-state index in [2.05, 4.69) is 0 Å². The first kappa shape index (κ1) is 58.2. The Bertz CT molecular complexity index is 28.5. The summed E-state index contributed by atoms with van der Waals surface area (Å²) in [6, 6.07) is 0. The van der Waals surface area contributed by atoms with Crippen LogP contribution in [0.25, 0.3) is 0 Å². The fourth-order valence-electron chi connectivity index (χ4n) is 0. The standard InChI is InChI=1S/Ce.Dy.Eu.Gd.La.Nd.Pr.Sm.Tb. The van der Waals surface area contributed by atoms with Gasteiger partial charge in [0.2, 0.25) is 0 Å². The van der Waals surface area contributed by atoms with Gasteiger partial charge in [0.15, 0.2) is 0 Å².